The highest BCUT2D eigenvalue weighted by atomic mass is 32.3. The first kappa shape index (κ1) is 65.6. The summed E-state index contributed by atoms with van der Waals surface area (Å²) in [6, 6.07) is 0. The Labute approximate surface area is 426 Å². The van der Waals surface area contributed by atoms with E-state index in [0.717, 1.165) is 89.9 Å². The molecule has 0 aromatic heterocycles. The van der Waals surface area contributed by atoms with Gasteiger partial charge in [0.2, 0.25) is 0 Å². The first-order valence-electron chi connectivity index (χ1n) is 27.7. The van der Waals surface area contributed by atoms with Crippen LogP contribution < -0.4 is 0 Å². The molecule has 0 saturated carbocycles. The SMILES string of the molecule is CCCCC/C=C\C/C=C\C/C=C\CCCCCCCCC(=O)OC(COCCCCCCCCCCC/C=C\C/C=C\C/C=C\CCCCCCC)COC1OC(CO)C(O)C(OS(=O)(=O)O)C1O. The molecular weight excluding hydrogens is 909 g/mol. The van der Waals surface area contributed by atoms with Gasteiger partial charge in [-0.15, -0.1) is 0 Å². The van der Waals surface area contributed by atoms with Crippen LogP contribution in [0, 0.1) is 0 Å². The second kappa shape index (κ2) is 47.5. The van der Waals surface area contributed by atoms with E-state index in [1.165, 1.54) is 103 Å². The normalized spacial score (nSPS) is 19.7. The van der Waals surface area contributed by atoms with Crippen molar-refractivity contribution in [1.82, 2.24) is 0 Å². The van der Waals surface area contributed by atoms with Gasteiger partial charge in [-0.1, -0.05) is 196 Å². The number of aliphatic hydroxyl groups excluding tert-OH is 3. The van der Waals surface area contributed by atoms with Gasteiger partial charge in [-0.25, -0.2) is 4.18 Å². The van der Waals surface area contributed by atoms with Crippen molar-refractivity contribution in [1.29, 1.82) is 0 Å². The molecule has 1 aliphatic heterocycles. The highest BCUT2D eigenvalue weighted by Gasteiger charge is 2.48. The summed E-state index contributed by atoms with van der Waals surface area (Å²) in [4.78, 5) is 12.9. The molecule has 1 fully saturated rings. The van der Waals surface area contributed by atoms with Gasteiger partial charge >= 0.3 is 16.4 Å². The van der Waals surface area contributed by atoms with Crippen LogP contribution in [0.5, 0.6) is 0 Å². The van der Waals surface area contributed by atoms with E-state index in [1.807, 2.05) is 0 Å². The summed E-state index contributed by atoms with van der Waals surface area (Å²) < 4.78 is 59.3. The lowest BCUT2D eigenvalue weighted by Crippen LogP contribution is -2.60. The molecule has 0 spiro atoms. The molecule has 6 atom stereocenters. The Kier molecular flexibility index (Phi) is 44.5. The summed E-state index contributed by atoms with van der Waals surface area (Å²) >= 11 is 0. The Hall–Kier alpha value is -2.46. The molecule has 12 nitrogen and oxygen atoms in total. The van der Waals surface area contributed by atoms with Gasteiger partial charge in [0.15, 0.2) is 6.29 Å². The average Bonchev–Trinajstić information content (AvgIpc) is 3.34. The predicted molar refractivity (Wildman–Crippen MR) is 285 cm³/mol. The van der Waals surface area contributed by atoms with Crippen LogP contribution in [0.4, 0.5) is 0 Å². The molecule has 13 heteroatoms. The Morgan fingerprint density at radius 2 is 0.943 bits per heavy atom. The largest absolute Gasteiger partial charge is 0.457 e. The number of esters is 1. The number of hydrogen-bond acceptors (Lipinski definition) is 11. The molecule has 406 valence electrons. The molecule has 1 aliphatic rings. The minimum atomic E-state index is -5.07. The van der Waals surface area contributed by atoms with E-state index in [0.29, 0.717) is 13.0 Å². The van der Waals surface area contributed by atoms with Gasteiger partial charge in [-0.2, -0.15) is 8.42 Å². The van der Waals surface area contributed by atoms with Crippen molar-refractivity contribution >= 4 is 16.4 Å². The van der Waals surface area contributed by atoms with Crippen LogP contribution in [0.25, 0.3) is 0 Å². The first-order valence-corrected chi connectivity index (χ1v) is 29.1. The van der Waals surface area contributed by atoms with E-state index in [4.69, 9.17) is 18.9 Å². The minimum Gasteiger partial charge on any atom is -0.457 e. The van der Waals surface area contributed by atoms with Crippen LogP contribution in [0.3, 0.4) is 0 Å². The standard InChI is InChI=1S/C57H100O12S/c1-3-5-7-9-11-13-15-17-19-21-23-24-25-26-27-29-31-33-35-37-39-41-43-45-47-65-49-51(50-66-57-55(61)56(69-70(62,63)64)54(60)52(48-58)68-57)67-53(59)46-44-42-40-38-36-34-32-30-28-22-20-18-16-14-12-10-8-6-4-2/h12,14-15,17-18,20-21,23,25-26,28,30,51-52,54-58,60-61H,3-11,13,16,19,22,24,27,29,31-50H2,1-2H3,(H,62,63,64)/b14-12-,17-15-,20-18-,23-21-,26-25-,30-28-. The predicted octanol–water partition coefficient (Wildman–Crippen LogP) is 13.4. The Bertz CT molecular complexity index is 1490. The summed E-state index contributed by atoms with van der Waals surface area (Å²) in [5.74, 6) is -0.414. The lowest BCUT2D eigenvalue weighted by molar-refractivity contribution is -0.301. The van der Waals surface area contributed by atoms with Crippen LogP contribution in [0.2, 0.25) is 0 Å². The second-order valence-electron chi connectivity index (χ2n) is 18.8. The third-order valence-electron chi connectivity index (χ3n) is 12.3. The second-order valence-corrected chi connectivity index (χ2v) is 19.9. The topological polar surface area (TPSA) is 178 Å². The number of carbonyl (C=O) groups is 1. The number of allylic oxidation sites excluding steroid dienone is 12. The highest BCUT2D eigenvalue weighted by Crippen LogP contribution is 2.26. The molecule has 4 N–H and O–H groups in total. The molecule has 0 aliphatic carbocycles. The number of aliphatic hydroxyl groups is 3. The molecule has 0 radical (unpaired) electrons. The van der Waals surface area contributed by atoms with Crippen molar-refractivity contribution in [3.8, 4) is 0 Å². The fourth-order valence-electron chi connectivity index (χ4n) is 8.10. The number of ether oxygens (including phenoxy) is 4. The van der Waals surface area contributed by atoms with Gasteiger partial charge < -0.3 is 34.3 Å². The van der Waals surface area contributed by atoms with Crippen molar-refractivity contribution in [2.45, 2.75) is 256 Å². The van der Waals surface area contributed by atoms with E-state index in [1.54, 1.807) is 0 Å². The van der Waals surface area contributed by atoms with Gasteiger partial charge in [0.1, 0.15) is 30.5 Å². The van der Waals surface area contributed by atoms with Crippen LogP contribution >= 0.6 is 0 Å². The minimum absolute atomic E-state index is 0.0235. The Morgan fingerprint density at radius 1 is 0.543 bits per heavy atom. The molecule has 0 aromatic carbocycles. The van der Waals surface area contributed by atoms with Crippen molar-refractivity contribution in [2.24, 2.45) is 0 Å². The molecule has 0 aromatic rings. The summed E-state index contributed by atoms with van der Waals surface area (Å²) in [5, 5.41) is 30.8. The maximum Gasteiger partial charge on any atom is 0.397 e. The number of unbranched alkanes of at least 4 members (excludes halogenated alkanes) is 23. The van der Waals surface area contributed by atoms with E-state index in [9.17, 15) is 33.1 Å². The molecule has 6 unspecified atom stereocenters. The van der Waals surface area contributed by atoms with E-state index in [-0.39, 0.29) is 19.6 Å². The molecule has 1 rings (SSSR count). The zero-order valence-corrected chi connectivity index (χ0v) is 44.6. The third-order valence-corrected chi connectivity index (χ3v) is 12.8. The van der Waals surface area contributed by atoms with Crippen LogP contribution in [0.15, 0.2) is 72.9 Å². The highest BCUT2D eigenvalue weighted by molar-refractivity contribution is 7.80. The summed E-state index contributed by atoms with van der Waals surface area (Å²) in [5.41, 5.74) is 0. The van der Waals surface area contributed by atoms with Crippen molar-refractivity contribution in [3.05, 3.63) is 72.9 Å². The van der Waals surface area contributed by atoms with E-state index >= 15 is 0 Å². The van der Waals surface area contributed by atoms with Crippen LogP contribution in [0.1, 0.15) is 219 Å². The van der Waals surface area contributed by atoms with Gasteiger partial charge in [0.05, 0.1) is 19.8 Å². The molecule has 70 heavy (non-hydrogen) atoms. The quantitative estimate of drug-likeness (QED) is 0.0197. The maximum absolute atomic E-state index is 12.9. The number of rotatable bonds is 48. The smallest absolute Gasteiger partial charge is 0.397 e. The lowest BCUT2D eigenvalue weighted by Gasteiger charge is -2.41. The van der Waals surface area contributed by atoms with Gasteiger partial charge in [0, 0.05) is 13.0 Å². The average molecular weight is 1010 g/mol. The fraction of sp³-hybridized carbons (Fsp3) is 0.772. The zero-order chi connectivity index (χ0) is 51.0. The summed E-state index contributed by atoms with van der Waals surface area (Å²) in [7, 11) is -5.07. The zero-order valence-electron chi connectivity index (χ0n) is 43.8. The number of hydrogen-bond donors (Lipinski definition) is 4. The van der Waals surface area contributed by atoms with Crippen LogP contribution in [-0.4, -0.2) is 97.5 Å². The molecule has 0 bridgehead atoms. The molecule has 0 amide bonds. The number of carbonyl (C=O) groups excluding carboxylic acids is 1. The van der Waals surface area contributed by atoms with Gasteiger partial charge in [0.25, 0.3) is 0 Å². The fourth-order valence-corrected chi connectivity index (χ4v) is 8.61. The van der Waals surface area contributed by atoms with E-state index in [2.05, 4.69) is 90.9 Å². The third kappa shape index (κ3) is 40.1. The molecular formula is C57H100O12S. The van der Waals surface area contributed by atoms with Gasteiger partial charge in [-0.3, -0.25) is 9.35 Å². The van der Waals surface area contributed by atoms with Crippen LogP contribution in [-0.2, 0) is 38.3 Å². The van der Waals surface area contributed by atoms with E-state index < -0.39 is 59.8 Å². The first-order chi connectivity index (χ1) is 34.1. The maximum atomic E-state index is 12.9. The molecule has 1 heterocycles. The lowest BCUT2D eigenvalue weighted by atomic mass is 9.99. The summed E-state index contributed by atoms with van der Waals surface area (Å²) in [6.45, 7) is 3.93. The van der Waals surface area contributed by atoms with Crippen molar-refractivity contribution < 1.29 is 56.2 Å². The van der Waals surface area contributed by atoms with Crippen molar-refractivity contribution in [3.63, 3.8) is 0 Å². The summed E-state index contributed by atoms with van der Waals surface area (Å²) in [6.07, 6.45) is 53.5. The monoisotopic (exact) mass is 1010 g/mol. The van der Waals surface area contributed by atoms with Gasteiger partial charge in [-0.05, 0) is 89.9 Å². The Morgan fingerprint density at radius 3 is 1.40 bits per heavy atom. The molecule has 1 saturated heterocycles. The van der Waals surface area contributed by atoms with Crippen molar-refractivity contribution in [2.75, 3.05) is 26.4 Å². The Balaban J connectivity index is 2.34.